The standard InChI is InChI=1S/C25H26N6OS/c1-33-21-11-9-18(10-12-21)14-26-25(32)19-6-5-13-30(15-19)24-22-16-31(20-7-3-2-4-8-20)29-23(22)27-17-28-24/h2-4,7-12,16-17,19H,5-6,13-15H2,1H3,(H,26,32). The second kappa shape index (κ2) is 9.62. The van der Waals surface area contributed by atoms with Crippen molar-refractivity contribution in [3.8, 4) is 5.69 Å². The number of nitrogens with zero attached hydrogens (tertiary/aromatic N) is 5. The molecular weight excluding hydrogens is 432 g/mol. The highest BCUT2D eigenvalue weighted by atomic mass is 32.2. The molecule has 1 aliphatic rings. The van der Waals surface area contributed by atoms with E-state index in [1.165, 1.54) is 4.90 Å². The molecule has 0 saturated carbocycles. The number of amides is 1. The summed E-state index contributed by atoms with van der Waals surface area (Å²) in [7, 11) is 0. The van der Waals surface area contributed by atoms with E-state index in [0.717, 1.165) is 41.8 Å². The van der Waals surface area contributed by atoms with Crippen molar-refractivity contribution in [2.75, 3.05) is 24.2 Å². The van der Waals surface area contributed by atoms with Gasteiger partial charge in [-0.1, -0.05) is 30.3 Å². The van der Waals surface area contributed by atoms with Crippen molar-refractivity contribution in [3.63, 3.8) is 0 Å². The molecule has 7 nitrogen and oxygen atoms in total. The molecule has 3 heterocycles. The molecule has 33 heavy (non-hydrogen) atoms. The van der Waals surface area contributed by atoms with Crippen molar-refractivity contribution in [3.05, 3.63) is 72.7 Å². The summed E-state index contributed by atoms with van der Waals surface area (Å²) < 4.78 is 1.83. The summed E-state index contributed by atoms with van der Waals surface area (Å²) in [5, 5.41) is 8.64. The quantitative estimate of drug-likeness (QED) is 0.439. The number of aromatic nitrogens is 4. The van der Waals surface area contributed by atoms with Crippen LogP contribution < -0.4 is 10.2 Å². The van der Waals surface area contributed by atoms with Gasteiger partial charge in [-0.05, 0) is 48.9 Å². The second-order valence-corrected chi connectivity index (χ2v) is 9.07. The van der Waals surface area contributed by atoms with Gasteiger partial charge >= 0.3 is 0 Å². The molecule has 168 valence electrons. The zero-order chi connectivity index (χ0) is 22.6. The van der Waals surface area contributed by atoms with Gasteiger partial charge in [-0.15, -0.1) is 16.9 Å². The van der Waals surface area contributed by atoms with Crippen molar-refractivity contribution in [1.29, 1.82) is 0 Å². The summed E-state index contributed by atoms with van der Waals surface area (Å²) in [6, 6.07) is 18.3. The van der Waals surface area contributed by atoms with Gasteiger partial charge in [0.25, 0.3) is 0 Å². The fraction of sp³-hybridized carbons (Fsp3) is 0.280. The lowest BCUT2D eigenvalue weighted by atomic mass is 9.97. The van der Waals surface area contributed by atoms with Crippen molar-refractivity contribution < 1.29 is 4.79 Å². The number of piperidine rings is 1. The van der Waals surface area contributed by atoms with Gasteiger partial charge in [-0.25, -0.2) is 14.6 Å². The molecule has 1 atom stereocenters. The highest BCUT2D eigenvalue weighted by molar-refractivity contribution is 7.98. The molecule has 0 aliphatic carbocycles. The highest BCUT2D eigenvalue weighted by Crippen LogP contribution is 2.28. The fourth-order valence-electron chi connectivity index (χ4n) is 4.25. The second-order valence-electron chi connectivity index (χ2n) is 8.19. The smallest absolute Gasteiger partial charge is 0.225 e. The number of carbonyl (C=O) groups is 1. The molecule has 0 radical (unpaired) electrons. The molecule has 1 N–H and O–H groups in total. The molecule has 5 rings (SSSR count). The first kappa shape index (κ1) is 21.5. The Bertz CT molecular complexity index is 1240. The van der Waals surface area contributed by atoms with Gasteiger partial charge in [0, 0.05) is 30.7 Å². The summed E-state index contributed by atoms with van der Waals surface area (Å²) in [4.78, 5) is 25.3. The van der Waals surface area contributed by atoms with E-state index in [2.05, 4.69) is 55.8 Å². The number of para-hydroxylation sites is 1. The fourth-order valence-corrected chi connectivity index (χ4v) is 4.66. The normalized spacial score (nSPS) is 16.2. The van der Waals surface area contributed by atoms with E-state index >= 15 is 0 Å². The Balaban J connectivity index is 1.30. The van der Waals surface area contributed by atoms with Gasteiger partial charge in [-0.3, -0.25) is 4.79 Å². The van der Waals surface area contributed by atoms with Crippen molar-refractivity contribution >= 4 is 34.5 Å². The predicted octanol–water partition coefficient (Wildman–Crippen LogP) is 4.07. The minimum atomic E-state index is -0.0709. The van der Waals surface area contributed by atoms with Crippen molar-refractivity contribution in [2.24, 2.45) is 5.92 Å². The molecule has 1 aliphatic heterocycles. The van der Waals surface area contributed by atoms with Crippen LogP contribution in [-0.2, 0) is 11.3 Å². The number of hydrogen-bond acceptors (Lipinski definition) is 6. The lowest BCUT2D eigenvalue weighted by Gasteiger charge is -2.33. The van der Waals surface area contributed by atoms with Gasteiger partial charge in [0.2, 0.25) is 5.91 Å². The molecule has 2 aromatic carbocycles. The summed E-state index contributed by atoms with van der Waals surface area (Å²) in [6.45, 7) is 2.05. The van der Waals surface area contributed by atoms with Gasteiger partial charge < -0.3 is 10.2 Å². The van der Waals surface area contributed by atoms with Crippen molar-refractivity contribution in [1.82, 2.24) is 25.1 Å². The predicted molar refractivity (Wildman–Crippen MR) is 132 cm³/mol. The maximum atomic E-state index is 12.9. The molecule has 2 aromatic heterocycles. The van der Waals surface area contributed by atoms with Crippen LogP contribution in [0.4, 0.5) is 5.82 Å². The number of anilines is 1. The molecule has 1 unspecified atom stereocenters. The van der Waals surface area contributed by atoms with Crippen LogP contribution in [0.3, 0.4) is 0 Å². The van der Waals surface area contributed by atoms with Crippen LogP contribution in [0.15, 0.2) is 72.0 Å². The third kappa shape index (κ3) is 4.71. The summed E-state index contributed by atoms with van der Waals surface area (Å²) >= 11 is 1.71. The van der Waals surface area contributed by atoms with Crippen LogP contribution in [0.25, 0.3) is 16.7 Å². The highest BCUT2D eigenvalue weighted by Gasteiger charge is 2.28. The molecule has 1 amide bonds. The summed E-state index contributed by atoms with van der Waals surface area (Å²) in [5.41, 5.74) is 2.74. The lowest BCUT2D eigenvalue weighted by Crippen LogP contribution is -2.43. The zero-order valence-corrected chi connectivity index (χ0v) is 19.3. The first-order chi connectivity index (χ1) is 16.2. The molecule has 0 spiro atoms. The summed E-state index contributed by atoms with van der Waals surface area (Å²) in [6.07, 6.45) is 7.41. The van der Waals surface area contributed by atoms with Crippen LogP contribution in [-0.4, -0.2) is 45.0 Å². The molecule has 0 bridgehead atoms. The molecule has 8 heteroatoms. The zero-order valence-electron chi connectivity index (χ0n) is 18.5. The topological polar surface area (TPSA) is 75.9 Å². The Morgan fingerprint density at radius 2 is 1.94 bits per heavy atom. The van der Waals surface area contributed by atoms with Gasteiger partial charge in [-0.2, -0.15) is 0 Å². The SMILES string of the molecule is CSc1ccc(CNC(=O)C2CCCN(c3ncnc4nn(-c5ccccc5)cc34)C2)cc1. The molecule has 1 fully saturated rings. The number of nitrogens with one attached hydrogen (secondary N) is 1. The number of carbonyl (C=O) groups excluding carboxylic acids is 1. The maximum Gasteiger partial charge on any atom is 0.225 e. The third-order valence-electron chi connectivity index (χ3n) is 6.03. The van der Waals surface area contributed by atoms with Crippen LogP contribution in [0.5, 0.6) is 0 Å². The monoisotopic (exact) mass is 458 g/mol. The number of hydrogen-bond donors (Lipinski definition) is 1. The van der Waals surface area contributed by atoms with Crippen LogP contribution >= 0.6 is 11.8 Å². The maximum absolute atomic E-state index is 12.9. The number of thioether (sulfide) groups is 1. The van der Waals surface area contributed by atoms with Gasteiger partial charge in [0.05, 0.1) is 17.0 Å². The minimum Gasteiger partial charge on any atom is -0.355 e. The Kier molecular flexibility index (Phi) is 6.26. The Labute approximate surface area is 197 Å². The Morgan fingerprint density at radius 3 is 2.73 bits per heavy atom. The van der Waals surface area contributed by atoms with E-state index in [1.54, 1.807) is 18.1 Å². The van der Waals surface area contributed by atoms with Crippen LogP contribution in [0.1, 0.15) is 18.4 Å². The number of fused-ring (bicyclic) bond motifs is 1. The molecule has 1 saturated heterocycles. The van der Waals surface area contributed by atoms with Gasteiger partial charge in [0.1, 0.15) is 12.1 Å². The first-order valence-electron chi connectivity index (χ1n) is 11.1. The third-order valence-corrected chi connectivity index (χ3v) is 6.78. The molecule has 4 aromatic rings. The average Bonchev–Trinajstić information content (AvgIpc) is 3.33. The largest absolute Gasteiger partial charge is 0.355 e. The number of rotatable bonds is 6. The lowest BCUT2D eigenvalue weighted by molar-refractivity contribution is -0.125. The van der Waals surface area contributed by atoms with E-state index in [1.807, 2.05) is 41.2 Å². The van der Waals surface area contributed by atoms with E-state index in [-0.39, 0.29) is 11.8 Å². The Hall–Kier alpha value is -3.39. The van der Waals surface area contributed by atoms with Crippen LogP contribution in [0.2, 0.25) is 0 Å². The van der Waals surface area contributed by atoms with E-state index < -0.39 is 0 Å². The molecular formula is C25H26N6OS. The number of benzene rings is 2. The van der Waals surface area contributed by atoms with Crippen LogP contribution in [0, 0.1) is 5.92 Å². The van der Waals surface area contributed by atoms with E-state index in [4.69, 9.17) is 0 Å². The first-order valence-corrected chi connectivity index (χ1v) is 12.3. The minimum absolute atomic E-state index is 0.0709. The van der Waals surface area contributed by atoms with E-state index in [0.29, 0.717) is 18.7 Å². The van der Waals surface area contributed by atoms with Crippen molar-refractivity contribution in [2.45, 2.75) is 24.3 Å². The summed E-state index contributed by atoms with van der Waals surface area (Å²) in [5.74, 6) is 0.865. The van der Waals surface area contributed by atoms with E-state index in [9.17, 15) is 4.79 Å². The van der Waals surface area contributed by atoms with Gasteiger partial charge in [0.15, 0.2) is 5.65 Å². The average molecular weight is 459 g/mol. The Morgan fingerprint density at radius 1 is 1.12 bits per heavy atom.